The summed E-state index contributed by atoms with van der Waals surface area (Å²) >= 11 is 0. The molecule has 1 amide bonds. The summed E-state index contributed by atoms with van der Waals surface area (Å²) in [6.45, 7) is 6.44. The number of nitrogens with one attached hydrogen (secondary N) is 1. The van der Waals surface area contributed by atoms with Crippen molar-refractivity contribution in [2.75, 3.05) is 11.4 Å². The predicted molar refractivity (Wildman–Crippen MR) is 110 cm³/mol. The minimum absolute atomic E-state index is 0.0526. The highest BCUT2D eigenvalue weighted by molar-refractivity contribution is 7.89. The topological polar surface area (TPSA) is 108 Å². The van der Waals surface area contributed by atoms with E-state index in [1.807, 2.05) is 25.7 Å². The average molecular weight is 430 g/mol. The number of hydrogen-bond donors (Lipinski definition) is 1. The van der Waals surface area contributed by atoms with Gasteiger partial charge in [-0.05, 0) is 51.8 Å². The van der Waals surface area contributed by atoms with E-state index in [-0.39, 0.29) is 23.4 Å². The second-order valence-corrected chi connectivity index (χ2v) is 10.2. The second-order valence-electron chi connectivity index (χ2n) is 8.53. The van der Waals surface area contributed by atoms with Crippen LogP contribution >= 0.6 is 0 Å². The molecule has 2 aromatic rings. The third-order valence-electron chi connectivity index (χ3n) is 5.78. The molecule has 0 spiro atoms. The van der Waals surface area contributed by atoms with Gasteiger partial charge in [-0.3, -0.25) is 14.7 Å². The number of fused-ring (bicyclic) bond motifs is 3. The van der Waals surface area contributed by atoms with Gasteiger partial charge in [0.15, 0.2) is 5.76 Å². The van der Waals surface area contributed by atoms with E-state index in [2.05, 4.69) is 14.9 Å². The normalized spacial score (nSPS) is 22.0. The van der Waals surface area contributed by atoms with Crippen molar-refractivity contribution in [1.29, 1.82) is 0 Å². The van der Waals surface area contributed by atoms with Crippen molar-refractivity contribution in [2.45, 2.75) is 56.6 Å². The molecule has 0 unspecified atom stereocenters. The number of aliphatic imine (C=N–C) groups is 1. The van der Waals surface area contributed by atoms with E-state index in [0.717, 1.165) is 18.5 Å². The predicted octanol–water partition coefficient (Wildman–Crippen LogP) is 2.03. The molecule has 1 aromatic carbocycles. The molecule has 10 heteroatoms. The molecule has 9 nitrogen and oxygen atoms in total. The molecule has 0 bridgehead atoms. The first kappa shape index (κ1) is 19.3. The average Bonchev–Trinajstić information content (AvgIpc) is 3.07. The van der Waals surface area contributed by atoms with Gasteiger partial charge in [-0.1, -0.05) is 5.16 Å². The summed E-state index contributed by atoms with van der Waals surface area (Å²) in [5, 5.41) is 3.88. The molecule has 0 saturated heterocycles. The summed E-state index contributed by atoms with van der Waals surface area (Å²) in [7, 11) is -3.72. The summed E-state index contributed by atoms with van der Waals surface area (Å²) in [6, 6.07) is 6.54. The Hall–Kier alpha value is -2.72. The smallest absolute Gasteiger partial charge is 0.263 e. The number of guanidine groups is 1. The minimum Gasteiger partial charge on any atom is -0.359 e. The molecule has 1 saturated carbocycles. The van der Waals surface area contributed by atoms with Crippen molar-refractivity contribution in [3.8, 4) is 0 Å². The fourth-order valence-electron chi connectivity index (χ4n) is 3.89. The summed E-state index contributed by atoms with van der Waals surface area (Å²) in [6.07, 6.45) is 1.62. The number of nitrogens with zero attached hydrogens (tertiary/aromatic N) is 4. The molecule has 2 aliphatic heterocycles. The lowest BCUT2D eigenvalue weighted by Crippen LogP contribution is -2.52. The van der Waals surface area contributed by atoms with Crippen molar-refractivity contribution in [1.82, 2.24) is 14.8 Å². The molecule has 3 aliphatic rings. The molecule has 1 aromatic heterocycles. The molecular weight excluding hydrogens is 406 g/mol. The van der Waals surface area contributed by atoms with Crippen LogP contribution in [0.3, 0.4) is 0 Å². The highest BCUT2D eigenvalue weighted by atomic mass is 32.2. The Morgan fingerprint density at radius 1 is 1.30 bits per heavy atom. The maximum absolute atomic E-state index is 13.4. The fourth-order valence-corrected chi connectivity index (χ4v) is 5.38. The summed E-state index contributed by atoms with van der Waals surface area (Å²) in [4.78, 5) is 21.5. The number of carbonyl (C=O) groups is 1. The lowest BCUT2D eigenvalue weighted by molar-refractivity contribution is 0.0823. The second kappa shape index (κ2) is 6.39. The SMILES string of the molecule is Cc1cc(CN2C(=O)c3cc(S(=O)(=O)NC4(C)CC4)ccc3N3C2=NC[C@H]3C)on1. The Morgan fingerprint density at radius 2 is 2.07 bits per heavy atom. The quantitative estimate of drug-likeness (QED) is 0.779. The molecule has 1 fully saturated rings. The Balaban J connectivity index is 1.55. The van der Waals surface area contributed by atoms with Crippen LogP contribution in [-0.4, -0.2) is 48.5 Å². The van der Waals surface area contributed by atoms with Crippen LogP contribution in [0.15, 0.2) is 38.7 Å². The molecule has 158 valence electrons. The van der Waals surface area contributed by atoms with Gasteiger partial charge in [0.25, 0.3) is 5.91 Å². The highest BCUT2D eigenvalue weighted by Gasteiger charge is 2.43. The zero-order chi connectivity index (χ0) is 21.3. The molecule has 1 N–H and O–H groups in total. The maximum Gasteiger partial charge on any atom is 0.263 e. The van der Waals surface area contributed by atoms with Gasteiger partial charge in [0, 0.05) is 11.6 Å². The first-order valence-electron chi connectivity index (χ1n) is 9.93. The van der Waals surface area contributed by atoms with E-state index in [9.17, 15) is 13.2 Å². The number of carbonyl (C=O) groups excluding carboxylic acids is 1. The van der Waals surface area contributed by atoms with Crippen LogP contribution in [0.4, 0.5) is 5.69 Å². The van der Waals surface area contributed by atoms with Gasteiger partial charge in [-0.25, -0.2) is 13.1 Å². The van der Waals surface area contributed by atoms with Crippen molar-refractivity contribution < 1.29 is 17.7 Å². The van der Waals surface area contributed by atoms with Crippen LogP contribution in [0.5, 0.6) is 0 Å². The third-order valence-corrected chi connectivity index (χ3v) is 7.42. The lowest BCUT2D eigenvalue weighted by Gasteiger charge is -2.37. The summed E-state index contributed by atoms with van der Waals surface area (Å²) in [5.74, 6) is 0.782. The lowest BCUT2D eigenvalue weighted by atomic mass is 10.1. The summed E-state index contributed by atoms with van der Waals surface area (Å²) < 4.78 is 33.7. The van der Waals surface area contributed by atoms with E-state index >= 15 is 0 Å². The molecule has 0 radical (unpaired) electrons. The number of benzene rings is 1. The number of aromatic nitrogens is 1. The Kier molecular flexibility index (Phi) is 4.10. The zero-order valence-corrected chi connectivity index (χ0v) is 17.9. The van der Waals surface area contributed by atoms with Crippen LogP contribution in [-0.2, 0) is 16.6 Å². The summed E-state index contributed by atoms with van der Waals surface area (Å²) in [5.41, 5.74) is 1.34. The van der Waals surface area contributed by atoms with Crippen molar-refractivity contribution in [3.63, 3.8) is 0 Å². The van der Waals surface area contributed by atoms with Crippen LogP contribution < -0.4 is 9.62 Å². The Labute approximate surface area is 174 Å². The van der Waals surface area contributed by atoms with Gasteiger partial charge in [0.05, 0.1) is 41.0 Å². The highest BCUT2D eigenvalue weighted by Crippen LogP contribution is 2.38. The maximum atomic E-state index is 13.4. The monoisotopic (exact) mass is 429 g/mol. The number of aryl methyl sites for hydroxylation is 1. The van der Waals surface area contributed by atoms with E-state index in [1.165, 1.54) is 11.0 Å². The van der Waals surface area contributed by atoms with E-state index < -0.39 is 15.6 Å². The van der Waals surface area contributed by atoms with Gasteiger partial charge in [0.1, 0.15) is 0 Å². The standard InChI is InChI=1S/C20H23N5O4S/c1-12-8-14(29-22-12)11-24-18(26)16-9-15(30(27,28)23-20(3)6-7-20)4-5-17(16)25-13(2)10-21-19(24)25/h4-5,8-9,13,23H,6-7,10-11H2,1-3H3/t13-/m1/s1. The van der Waals surface area contributed by atoms with Crippen LogP contribution in [0.2, 0.25) is 0 Å². The van der Waals surface area contributed by atoms with Crippen LogP contribution in [0.1, 0.15) is 48.5 Å². The largest absolute Gasteiger partial charge is 0.359 e. The Morgan fingerprint density at radius 3 is 2.73 bits per heavy atom. The molecular formula is C20H23N5O4S. The van der Waals surface area contributed by atoms with Crippen molar-refractivity contribution in [2.24, 2.45) is 4.99 Å². The number of sulfonamides is 1. The minimum atomic E-state index is -3.72. The molecule has 30 heavy (non-hydrogen) atoms. The number of hydrogen-bond acceptors (Lipinski definition) is 7. The van der Waals surface area contributed by atoms with Gasteiger partial charge in [-0.15, -0.1) is 0 Å². The van der Waals surface area contributed by atoms with Crippen molar-refractivity contribution >= 4 is 27.6 Å². The van der Waals surface area contributed by atoms with Gasteiger partial charge in [-0.2, -0.15) is 0 Å². The number of rotatable bonds is 5. The van der Waals surface area contributed by atoms with Gasteiger partial charge >= 0.3 is 0 Å². The Bertz CT molecular complexity index is 1180. The van der Waals surface area contributed by atoms with E-state index in [0.29, 0.717) is 29.5 Å². The van der Waals surface area contributed by atoms with Crippen LogP contribution in [0.25, 0.3) is 0 Å². The van der Waals surface area contributed by atoms with Crippen LogP contribution in [0, 0.1) is 6.92 Å². The number of anilines is 1. The van der Waals surface area contributed by atoms with Gasteiger partial charge < -0.3 is 9.42 Å². The zero-order valence-electron chi connectivity index (χ0n) is 17.0. The van der Waals surface area contributed by atoms with E-state index in [4.69, 9.17) is 4.52 Å². The third kappa shape index (κ3) is 3.10. The first-order valence-corrected chi connectivity index (χ1v) is 11.4. The van der Waals surface area contributed by atoms with Gasteiger partial charge in [0.2, 0.25) is 16.0 Å². The molecule has 1 aliphatic carbocycles. The van der Waals surface area contributed by atoms with E-state index in [1.54, 1.807) is 18.2 Å². The molecule has 5 rings (SSSR count). The number of amides is 1. The molecule has 3 heterocycles. The first-order chi connectivity index (χ1) is 14.2. The fraction of sp³-hybridized carbons (Fsp3) is 0.450. The van der Waals surface area contributed by atoms with Crippen molar-refractivity contribution in [3.05, 3.63) is 41.3 Å². The molecule has 1 atom stereocenters.